The smallest absolute Gasteiger partial charge is 0.300 e. The van der Waals surface area contributed by atoms with Crippen molar-refractivity contribution in [3.05, 3.63) is 23.2 Å². The number of nitrogens with one attached hydrogen (secondary N) is 1. The molecule has 112 valence electrons. The molecule has 0 aliphatic carbocycles. The number of carbonyl (C=O) groups is 1. The number of nitrogens with zero attached hydrogens (tertiary/aromatic N) is 2. The van der Waals surface area contributed by atoms with Crippen LogP contribution in [-0.2, 0) is 6.54 Å². The van der Waals surface area contributed by atoms with E-state index < -0.39 is 0 Å². The fourth-order valence-electron chi connectivity index (χ4n) is 2.74. The van der Waals surface area contributed by atoms with Gasteiger partial charge in [-0.2, -0.15) is 0 Å². The predicted octanol–water partition coefficient (Wildman–Crippen LogP) is 0.718. The number of nitrogens with two attached hydrogens (primary N) is 1. The van der Waals surface area contributed by atoms with Crippen molar-refractivity contribution in [2.75, 3.05) is 26.7 Å². The van der Waals surface area contributed by atoms with Crippen molar-refractivity contribution in [1.29, 1.82) is 0 Å². The summed E-state index contributed by atoms with van der Waals surface area (Å²) < 4.78 is 5.47. The lowest BCUT2D eigenvalue weighted by Gasteiger charge is -2.27. The zero-order valence-corrected chi connectivity index (χ0v) is 12.5. The lowest BCUT2D eigenvalue weighted by molar-refractivity contribution is 0.0924. The van der Waals surface area contributed by atoms with E-state index in [1.807, 2.05) is 6.92 Å². The summed E-state index contributed by atoms with van der Waals surface area (Å²) in [6, 6.07) is 2.28. The molecule has 1 unspecified atom stereocenters. The summed E-state index contributed by atoms with van der Waals surface area (Å²) in [6.07, 6.45) is 1.16. The molecule has 20 heavy (non-hydrogen) atoms. The number of aryl methyl sites for hydroxylation is 1. The molecule has 1 aromatic rings. The van der Waals surface area contributed by atoms with Gasteiger partial charge in [-0.25, -0.2) is 5.84 Å². The van der Waals surface area contributed by atoms with E-state index in [1.54, 1.807) is 6.07 Å². The van der Waals surface area contributed by atoms with Gasteiger partial charge >= 0.3 is 5.91 Å². The lowest BCUT2D eigenvalue weighted by Crippen LogP contribution is -2.37. The van der Waals surface area contributed by atoms with Gasteiger partial charge < -0.3 is 9.32 Å². The van der Waals surface area contributed by atoms with Crippen molar-refractivity contribution in [3.63, 3.8) is 0 Å². The highest BCUT2D eigenvalue weighted by atomic mass is 16.4. The number of rotatable bonds is 3. The maximum absolute atomic E-state index is 11.5. The third-order valence-corrected chi connectivity index (χ3v) is 3.93. The second kappa shape index (κ2) is 6.39. The first-order valence-corrected chi connectivity index (χ1v) is 7.04. The number of nitrogen functional groups attached to an aromatic ring is 1. The van der Waals surface area contributed by atoms with Gasteiger partial charge in [-0.3, -0.25) is 15.1 Å². The molecular weight excluding hydrogens is 256 g/mol. The third kappa shape index (κ3) is 3.39. The molecule has 1 aliphatic heterocycles. The quantitative estimate of drug-likeness (QED) is 0.485. The molecule has 0 spiro atoms. The summed E-state index contributed by atoms with van der Waals surface area (Å²) in [5, 5.41) is 0. The van der Waals surface area contributed by atoms with Crippen molar-refractivity contribution >= 4 is 5.91 Å². The molecule has 1 aromatic heterocycles. The molecule has 1 amide bonds. The Labute approximate surface area is 119 Å². The second-order valence-corrected chi connectivity index (χ2v) is 5.60. The van der Waals surface area contributed by atoms with Crippen LogP contribution in [0.3, 0.4) is 0 Å². The van der Waals surface area contributed by atoms with Crippen LogP contribution in [0.5, 0.6) is 0 Å². The maximum atomic E-state index is 11.5. The Balaban J connectivity index is 2.09. The first-order chi connectivity index (χ1) is 9.51. The second-order valence-electron chi connectivity index (χ2n) is 5.60. The summed E-state index contributed by atoms with van der Waals surface area (Å²) in [7, 11) is 2.16. The van der Waals surface area contributed by atoms with Crippen molar-refractivity contribution in [3.8, 4) is 0 Å². The molecule has 2 heterocycles. The summed E-state index contributed by atoms with van der Waals surface area (Å²) in [5.74, 6) is 5.81. The molecule has 2 rings (SSSR count). The van der Waals surface area contributed by atoms with Gasteiger partial charge in [0.05, 0.1) is 0 Å². The highest BCUT2D eigenvalue weighted by molar-refractivity contribution is 5.91. The molecule has 1 aliphatic rings. The zero-order valence-electron chi connectivity index (χ0n) is 12.5. The van der Waals surface area contributed by atoms with Crippen molar-refractivity contribution in [2.45, 2.75) is 32.9 Å². The van der Waals surface area contributed by atoms with Crippen LogP contribution in [0.2, 0.25) is 0 Å². The number of hydrazine groups is 1. The van der Waals surface area contributed by atoms with Gasteiger partial charge in [0.15, 0.2) is 5.76 Å². The third-order valence-electron chi connectivity index (χ3n) is 3.93. The van der Waals surface area contributed by atoms with Crippen LogP contribution < -0.4 is 11.3 Å². The normalized spacial score (nSPS) is 21.7. The molecule has 1 atom stereocenters. The number of furan rings is 1. The average Bonchev–Trinajstić information content (AvgIpc) is 2.69. The fourth-order valence-corrected chi connectivity index (χ4v) is 2.74. The van der Waals surface area contributed by atoms with E-state index in [2.05, 4.69) is 29.2 Å². The van der Waals surface area contributed by atoms with Gasteiger partial charge in [0.25, 0.3) is 0 Å². The van der Waals surface area contributed by atoms with Crippen molar-refractivity contribution in [1.82, 2.24) is 15.2 Å². The highest BCUT2D eigenvalue weighted by Crippen LogP contribution is 2.19. The minimum absolute atomic E-state index is 0.277. The number of likely N-dealkylation sites (N-methyl/N-ethyl adjacent to an activating group) is 1. The molecule has 0 radical (unpaired) electrons. The molecule has 1 fully saturated rings. The van der Waals surface area contributed by atoms with E-state index in [4.69, 9.17) is 10.3 Å². The number of amides is 1. The molecule has 0 aromatic carbocycles. The fraction of sp³-hybridized carbons (Fsp3) is 0.643. The Morgan fingerprint density at radius 1 is 1.55 bits per heavy atom. The summed E-state index contributed by atoms with van der Waals surface area (Å²) >= 11 is 0. The zero-order chi connectivity index (χ0) is 14.7. The van der Waals surface area contributed by atoms with E-state index in [-0.39, 0.29) is 11.7 Å². The minimum Gasteiger partial charge on any atom is -0.456 e. The predicted molar refractivity (Wildman–Crippen MR) is 77.1 cm³/mol. The van der Waals surface area contributed by atoms with Crippen molar-refractivity contribution < 1.29 is 9.21 Å². The topological polar surface area (TPSA) is 74.7 Å². The number of hydrogen-bond acceptors (Lipinski definition) is 5. The summed E-state index contributed by atoms with van der Waals surface area (Å²) in [5.41, 5.74) is 3.15. The van der Waals surface area contributed by atoms with Crippen LogP contribution in [0.15, 0.2) is 10.5 Å². The molecule has 0 saturated carbocycles. The molecular formula is C14H24N4O2. The molecule has 3 N–H and O–H groups in total. The van der Waals surface area contributed by atoms with E-state index in [0.717, 1.165) is 43.9 Å². The van der Waals surface area contributed by atoms with Gasteiger partial charge in [-0.1, -0.05) is 0 Å². The van der Waals surface area contributed by atoms with Gasteiger partial charge in [0.2, 0.25) is 0 Å². The standard InChI is InChI=1S/C14H24N4O2/c1-10-8-17(3)5-4-6-18(10)9-12-7-13(14(19)16-15)20-11(12)2/h7,10H,4-6,8-9,15H2,1-3H3,(H,16,19). The average molecular weight is 280 g/mol. The van der Waals surface area contributed by atoms with Crippen LogP contribution in [0.25, 0.3) is 0 Å². The first-order valence-electron chi connectivity index (χ1n) is 7.04. The van der Waals surface area contributed by atoms with Crippen LogP contribution in [-0.4, -0.2) is 48.4 Å². The Bertz CT molecular complexity index is 472. The monoisotopic (exact) mass is 280 g/mol. The Kier molecular flexibility index (Phi) is 4.80. The largest absolute Gasteiger partial charge is 0.456 e. The van der Waals surface area contributed by atoms with Crippen LogP contribution in [0, 0.1) is 6.92 Å². The SMILES string of the molecule is Cc1oc(C(=O)NN)cc1CN1CCCN(C)CC1C. The van der Waals surface area contributed by atoms with Gasteiger partial charge in [-0.05, 0) is 39.9 Å². The molecule has 0 bridgehead atoms. The van der Waals surface area contributed by atoms with Crippen LogP contribution in [0.1, 0.15) is 35.2 Å². The maximum Gasteiger partial charge on any atom is 0.300 e. The van der Waals surface area contributed by atoms with Crippen LogP contribution >= 0.6 is 0 Å². The Hall–Kier alpha value is -1.37. The Morgan fingerprint density at radius 2 is 2.30 bits per heavy atom. The minimum atomic E-state index is -0.386. The number of hydrogen-bond donors (Lipinski definition) is 2. The molecule has 6 nitrogen and oxygen atoms in total. The highest BCUT2D eigenvalue weighted by Gasteiger charge is 2.22. The Morgan fingerprint density at radius 3 is 3.00 bits per heavy atom. The van der Waals surface area contributed by atoms with Crippen molar-refractivity contribution in [2.24, 2.45) is 5.84 Å². The molecule has 6 heteroatoms. The van der Waals surface area contributed by atoms with Gasteiger partial charge in [0, 0.05) is 31.2 Å². The van der Waals surface area contributed by atoms with E-state index in [9.17, 15) is 4.79 Å². The van der Waals surface area contributed by atoms with E-state index in [1.165, 1.54) is 0 Å². The summed E-state index contributed by atoms with van der Waals surface area (Å²) in [4.78, 5) is 16.3. The first kappa shape index (κ1) is 15.0. The van der Waals surface area contributed by atoms with E-state index >= 15 is 0 Å². The van der Waals surface area contributed by atoms with Gasteiger partial charge in [-0.15, -0.1) is 0 Å². The summed E-state index contributed by atoms with van der Waals surface area (Å²) in [6.45, 7) is 8.19. The molecule has 1 saturated heterocycles. The lowest BCUT2D eigenvalue weighted by atomic mass is 10.2. The van der Waals surface area contributed by atoms with Gasteiger partial charge in [0.1, 0.15) is 5.76 Å². The number of carbonyl (C=O) groups excluding carboxylic acids is 1. The van der Waals surface area contributed by atoms with E-state index in [0.29, 0.717) is 6.04 Å². The van der Waals surface area contributed by atoms with Crippen LogP contribution in [0.4, 0.5) is 0 Å².